The maximum absolute atomic E-state index is 12.6. The van der Waals surface area contributed by atoms with Crippen LogP contribution in [0, 0.1) is 0 Å². The molecule has 4 aromatic rings. The molecule has 3 aromatic carbocycles. The number of rotatable bonds is 1. The van der Waals surface area contributed by atoms with Gasteiger partial charge in [-0.1, -0.05) is 18.2 Å². The lowest BCUT2D eigenvalue weighted by atomic mass is 10.1. The van der Waals surface area contributed by atoms with E-state index >= 15 is 0 Å². The largest absolute Gasteiger partial charge is 0.504 e. The van der Waals surface area contributed by atoms with Gasteiger partial charge < -0.3 is 24.8 Å². The van der Waals surface area contributed by atoms with Crippen molar-refractivity contribution in [3.8, 4) is 23.0 Å². The fraction of sp³-hybridized carbons (Fsp3) is 0. The van der Waals surface area contributed by atoms with Crippen LogP contribution >= 0.6 is 0 Å². The fourth-order valence-electron chi connectivity index (χ4n) is 2.82. The normalized spacial score (nSPS) is 11.0. The molecule has 0 fully saturated rings. The second kappa shape index (κ2) is 6.06. The number of benzene rings is 3. The molecular formula is C20H13NO6. The van der Waals surface area contributed by atoms with E-state index in [-0.39, 0.29) is 27.3 Å². The highest BCUT2D eigenvalue weighted by molar-refractivity contribution is 6.00. The van der Waals surface area contributed by atoms with Crippen LogP contribution in [0.3, 0.4) is 0 Å². The van der Waals surface area contributed by atoms with Gasteiger partial charge in [0.1, 0.15) is 0 Å². The summed E-state index contributed by atoms with van der Waals surface area (Å²) in [5.41, 5.74) is -0.00313. The zero-order valence-electron chi connectivity index (χ0n) is 13.7. The number of nitrogens with zero attached hydrogens (tertiary/aromatic N) is 1. The average Bonchev–Trinajstić information content (AvgIpc) is 2.68. The van der Waals surface area contributed by atoms with Crippen LogP contribution in [0.4, 0.5) is 0 Å². The van der Waals surface area contributed by atoms with E-state index in [2.05, 4.69) is 4.99 Å². The summed E-state index contributed by atoms with van der Waals surface area (Å²) in [7, 11) is 0. The average molecular weight is 363 g/mol. The number of carbonyl (C=O) groups is 1. The molecule has 0 aliphatic rings. The van der Waals surface area contributed by atoms with Crippen molar-refractivity contribution in [3.63, 3.8) is 0 Å². The Balaban J connectivity index is 2.16. The predicted octanol–water partition coefficient (Wildman–Crippen LogP) is 3.15. The minimum atomic E-state index is -0.569. The number of hydrogen-bond donors (Lipinski definition) is 4. The highest BCUT2D eigenvalue weighted by atomic mass is 16.4. The van der Waals surface area contributed by atoms with Gasteiger partial charge in [0.25, 0.3) is 5.91 Å². The van der Waals surface area contributed by atoms with Crippen LogP contribution in [0.15, 0.2) is 64.0 Å². The first-order valence-corrected chi connectivity index (χ1v) is 7.94. The van der Waals surface area contributed by atoms with Crippen molar-refractivity contribution in [1.29, 1.82) is 0 Å². The van der Waals surface area contributed by atoms with Crippen LogP contribution in [0.1, 0.15) is 10.4 Å². The third kappa shape index (κ3) is 2.62. The Hall–Kier alpha value is -4.00. The zero-order chi connectivity index (χ0) is 19.1. The Labute approximate surface area is 151 Å². The smallest absolute Gasteiger partial charge is 0.277 e. The first-order valence-electron chi connectivity index (χ1n) is 7.94. The summed E-state index contributed by atoms with van der Waals surface area (Å²) in [5, 5.41) is 40.4. The van der Waals surface area contributed by atoms with E-state index in [1.54, 1.807) is 30.3 Å². The van der Waals surface area contributed by atoms with E-state index in [1.165, 1.54) is 24.3 Å². The summed E-state index contributed by atoms with van der Waals surface area (Å²) < 4.78 is 5.51. The van der Waals surface area contributed by atoms with Gasteiger partial charge in [-0.2, -0.15) is 0 Å². The van der Waals surface area contributed by atoms with Gasteiger partial charge in [0, 0.05) is 16.3 Å². The molecule has 0 unspecified atom stereocenters. The molecule has 1 heterocycles. The van der Waals surface area contributed by atoms with E-state index in [0.717, 1.165) is 0 Å². The molecule has 0 saturated heterocycles. The van der Waals surface area contributed by atoms with Crippen LogP contribution in [0.5, 0.6) is 23.0 Å². The van der Waals surface area contributed by atoms with Crippen LogP contribution in [-0.2, 0) is 0 Å². The van der Waals surface area contributed by atoms with Gasteiger partial charge in [0.2, 0.25) is 11.5 Å². The number of carbonyl (C=O) groups excluding carboxylic acids is 1. The first-order chi connectivity index (χ1) is 13.0. The second-order valence-corrected chi connectivity index (χ2v) is 5.85. The number of amides is 1. The minimum Gasteiger partial charge on any atom is -0.504 e. The number of phenols is 4. The quantitative estimate of drug-likeness (QED) is 0.304. The van der Waals surface area contributed by atoms with Crippen molar-refractivity contribution in [3.05, 3.63) is 65.5 Å². The number of hydrogen-bond acceptors (Lipinski definition) is 6. The Bertz CT molecular complexity index is 1210. The van der Waals surface area contributed by atoms with Gasteiger partial charge in [0.05, 0.1) is 5.36 Å². The van der Waals surface area contributed by atoms with E-state index in [9.17, 15) is 25.2 Å². The zero-order valence-corrected chi connectivity index (χ0v) is 13.7. The minimum absolute atomic E-state index is 0.130. The predicted molar refractivity (Wildman–Crippen MR) is 96.7 cm³/mol. The van der Waals surface area contributed by atoms with Crippen molar-refractivity contribution >= 4 is 27.8 Å². The molecule has 0 radical (unpaired) electrons. The molecule has 134 valence electrons. The summed E-state index contributed by atoms with van der Waals surface area (Å²) in [6.45, 7) is 0. The number of fused-ring (bicyclic) bond motifs is 2. The summed E-state index contributed by atoms with van der Waals surface area (Å²) in [6, 6.07) is 13.7. The van der Waals surface area contributed by atoms with Gasteiger partial charge >= 0.3 is 0 Å². The molecule has 0 aliphatic heterocycles. The summed E-state index contributed by atoms with van der Waals surface area (Å²) in [4.78, 5) is 16.7. The molecule has 7 nitrogen and oxygen atoms in total. The van der Waals surface area contributed by atoms with Crippen LogP contribution in [-0.4, -0.2) is 26.3 Å². The Kier molecular flexibility index (Phi) is 3.70. The first kappa shape index (κ1) is 16.5. The van der Waals surface area contributed by atoms with E-state index in [0.29, 0.717) is 5.56 Å². The molecule has 27 heavy (non-hydrogen) atoms. The molecule has 0 aliphatic carbocycles. The van der Waals surface area contributed by atoms with Gasteiger partial charge in [-0.25, -0.2) is 4.99 Å². The third-order valence-electron chi connectivity index (χ3n) is 4.17. The number of phenolic OH excluding ortho intramolecular Hbond substituents is 4. The van der Waals surface area contributed by atoms with Crippen molar-refractivity contribution in [2.75, 3.05) is 0 Å². The summed E-state index contributed by atoms with van der Waals surface area (Å²) in [6.07, 6.45) is 0. The molecule has 0 saturated carbocycles. The monoisotopic (exact) mass is 363 g/mol. The lowest BCUT2D eigenvalue weighted by molar-refractivity contribution is 0.0999. The van der Waals surface area contributed by atoms with E-state index in [1.807, 2.05) is 0 Å². The maximum atomic E-state index is 12.6. The van der Waals surface area contributed by atoms with E-state index in [4.69, 9.17) is 4.42 Å². The van der Waals surface area contributed by atoms with Crippen LogP contribution in [0.25, 0.3) is 21.9 Å². The third-order valence-corrected chi connectivity index (χ3v) is 4.17. The second-order valence-electron chi connectivity index (χ2n) is 5.85. The van der Waals surface area contributed by atoms with Crippen LogP contribution < -0.4 is 5.36 Å². The lowest BCUT2D eigenvalue weighted by Crippen LogP contribution is -2.10. The topological polar surface area (TPSA) is 123 Å². The van der Waals surface area contributed by atoms with E-state index < -0.39 is 28.9 Å². The maximum Gasteiger partial charge on any atom is 0.277 e. The molecule has 0 atom stereocenters. The molecule has 0 spiro atoms. The molecule has 4 rings (SSSR count). The number of aromatic hydroxyl groups is 4. The standard InChI is InChI=1S/C20H13NO6/c22-13-8-6-11-15(21-20(26)10-4-2-1-3-5-10)12-7-9-14(23)17(25)19(12)27-18(11)16(13)24/h1-9,22-25H. The van der Waals surface area contributed by atoms with Gasteiger partial charge in [-0.15, -0.1) is 0 Å². The Morgan fingerprint density at radius 1 is 0.741 bits per heavy atom. The molecular weight excluding hydrogens is 350 g/mol. The van der Waals surface area contributed by atoms with Gasteiger partial charge in [0.15, 0.2) is 22.7 Å². The van der Waals surface area contributed by atoms with Crippen molar-refractivity contribution < 1.29 is 29.6 Å². The highest BCUT2D eigenvalue weighted by Gasteiger charge is 2.17. The van der Waals surface area contributed by atoms with Gasteiger partial charge in [-0.05, 0) is 36.4 Å². The Morgan fingerprint density at radius 2 is 1.26 bits per heavy atom. The SMILES string of the molecule is O=C(N=c1c2ccc(O)c(O)c2oc2c(O)c(O)ccc12)c1ccccc1. The molecule has 1 amide bonds. The summed E-state index contributed by atoms with van der Waals surface area (Å²) in [5.74, 6) is -2.55. The lowest BCUT2D eigenvalue weighted by Gasteiger charge is -2.08. The molecule has 4 N–H and O–H groups in total. The molecule has 1 aromatic heterocycles. The van der Waals surface area contributed by atoms with Crippen molar-refractivity contribution in [2.45, 2.75) is 0 Å². The van der Waals surface area contributed by atoms with Gasteiger partial charge in [-0.3, -0.25) is 4.79 Å². The highest BCUT2D eigenvalue weighted by Crippen LogP contribution is 2.38. The van der Waals surface area contributed by atoms with Crippen molar-refractivity contribution in [2.24, 2.45) is 4.99 Å². The summed E-state index contributed by atoms with van der Waals surface area (Å²) >= 11 is 0. The molecule has 7 heteroatoms. The van der Waals surface area contributed by atoms with Crippen molar-refractivity contribution in [1.82, 2.24) is 0 Å². The fourth-order valence-corrected chi connectivity index (χ4v) is 2.82. The molecule has 0 bridgehead atoms. The van der Waals surface area contributed by atoms with Crippen LogP contribution in [0.2, 0.25) is 0 Å². The Morgan fingerprint density at radius 3 is 1.78 bits per heavy atom.